The molecule has 0 aliphatic carbocycles. The second kappa shape index (κ2) is 6.81. The number of rotatable bonds is 6. The monoisotopic (exact) mass is 279 g/mol. The average molecular weight is 279 g/mol. The van der Waals surface area contributed by atoms with E-state index in [-0.39, 0.29) is 18.1 Å². The second-order valence-electron chi connectivity index (χ2n) is 5.13. The Morgan fingerprint density at radius 3 is 2.67 bits per heavy atom. The van der Waals surface area contributed by atoms with Crippen molar-refractivity contribution >= 4 is 10.2 Å². The Balaban J connectivity index is 2.68. The van der Waals surface area contributed by atoms with Crippen LogP contribution in [0.2, 0.25) is 0 Å². The molecule has 1 fully saturated rings. The van der Waals surface area contributed by atoms with Crippen LogP contribution in [0.3, 0.4) is 0 Å². The maximum absolute atomic E-state index is 12.2. The Hall–Kier alpha value is -0.210. The summed E-state index contributed by atoms with van der Waals surface area (Å²) < 4.78 is 33.7. The van der Waals surface area contributed by atoms with Crippen molar-refractivity contribution in [2.45, 2.75) is 38.8 Å². The van der Waals surface area contributed by atoms with Crippen molar-refractivity contribution < 1.29 is 13.2 Å². The van der Waals surface area contributed by atoms with Gasteiger partial charge in [-0.3, -0.25) is 0 Å². The minimum atomic E-state index is -3.42. The van der Waals surface area contributed by atoms with E-state index in [1.54, 1.807) is 7.11 Å². The molecule has 0 aromatic heterocycles. The van der Waals surface area contributed by atoms with Gasteiger partial charge in [-0.25, -0.2) is 4.72 Å². The van der Waals surface area contributed by atoms with Crippen molar-refractivity contribution in [3.05, 3.63) is 0 Å². The molecule has 1 aliphatic rings. The summed E-state index contributed by atoms with van der Waals surface area (Å²) in [6.07, 6.45) is 1.49. The lowest BCUT2D eigenvalue weighted by atomic mass is 10.0. The van der Waals surface area contributed by atoms with Gasteiger partial charge in [0.05, 0.1) is 6.10 Å². The molecule has 1 heterocycles. The van der Waals surface area contributed by atoms with Gasteiger partial charge in [0.2, 0.25) is 0 Å². The summed E-state index contributed by atoms with van der Waals surface area (Å²) >= 11 is 0. The van der Waals surface area contributed by atoms with Crippen LogP contribution >= 0.6 is 0 Å². The molecule has 0 amide bonds. The van der Waals surface area contributed by atoms with E-state index >= 15 is 0 Å². The molecule has 108 valence electrons. The molecule has 2 unspecified atom stereocenters. The first-order chi connectivity index (χ1) is 8.40. The van der Waals surface area contributed by atoms with Gasteiger partial charge in [-0.2, -0.15) is 12.7 Å². The Kier molecular flexibility index (Phi) is 6.00. The summed E-state index contributed by atoms with van der Waals surface area (Å²) in [5, 5.41) is 0. The quantitative estimate of drug-likeness (QED) is 0.712. The fourth-order valence-electron chi connectivity index (χ4n) is 2.09. The predicted molar refractivity (Wildman–Crippen MR) is 71.3 cm³/mol. The van der Waals surface area contributed by atoms with Gasteiger partial charge >= 0.3 is 0 Å². The highest BCUT2D eigenvalue weighted by molar-refractivity contribution is 7.87. The van der Waals surface area contributed by atoms with Crippen LogP contribution in [-0.2, 0) is 14.9 Å². The van der Waals surface area contributed by atoms with Gasteiger partial charge in [0.15, 0.2) is 0 Å². The largest absolute Gasteiger partial charge is 0.381 e. The molecule has 0 saturated carbocycles. The van der Waals surface area contributed by atoms with E-state index in [2.05, 4.69) is 4.72 Å². The van der Waals surface area contributed by atoms with Crippen LogP contribution < -0.4 is 10.5 Å². The zero-order valence-electron chi connectivity index (χ0n) is 11.4. The Morgan fingerprint density at radius 1 is 1.50 bits per heavy atom. The van der Waals surface area contributed by atoms with Crippen molar-refractivity contribution in [2.75, 3.05) is 26.7 Å². The van der Waals surface area contributed by atoms with Crippen LogP contribution in [-0.4, -0.2) is 51.6 Å². The normalized spacial score (nSPS) is 26.7. The van der Waals surface area contributed by atoms with Crippen LogP contribution in [0.15, 0.2) is 0 Å². The molecule has 0 aromatic carbocycles. The van der Waals surface area contributed by atoms with Crippen LogP contribution in [0.4, 0.5) is 0 Å². The minimum absolute atomic E-state index is 0.107. The fourth-order valence-corrected chi connectivity index (χ4v) is 3.71. The Labute approximate surface area is 110 Å². The van der Waals surface area contributed by atoms with Crippen LogP contribution in [0.25, 0.3) is 0 Å². The zero-order chi connectivity index (χ0) is 13.8. The third-order valence-corrected chi connectivity index (χ3v) is 4.83. The van der Waals surface area contributed by atoms with E-state index < -0.39 is 10.2 Å². The molecular weight excluding hydrogens is 254 g/mol. The fraction of sp³-hybridized carbons (Fsp3) is 1.00. The maximum Gasteiger partial charge on any atom is 0.279 e. The molecule has 0 bridgehead atoms. The molecule has 3 N–H and O–H groups in total. The van der Waals surface area contributed by atoms with Crippen molar-refractivity contribution in [2.24, 2.45) is 11.7 Å². The summed E-state index contributed by atoms with van der Waals surface area (Å²) in [5.74, 6) is 0.285. The topological polar surface area (TPSA) is 84.7 Å². The van der Waals surface area contributed by atoms with Crippen LogP contribution in [0.5, 0.6) is 0 Å². The molecule has 2 atom stereocenters. The van der Waals surface area contributed by atoms with Gasteiger partial charge in [-0.1, -0.05) is 13.8 Å². The van der Waals surface area contributed by atoms with Crippen molar-refractivity contribution in [1.29, 1.82) is 0 Å². The van der Waals surface area contributed by atoms with E-state index in [0.29, 0.717) is 26.1 Å². The molecule has 1 aliphatic heterocycles. The van der Waals surface area contributed by atoms with Gasteiger partial charge in [-0.15, -0.1) is 0 Å². The number of nitrogens with two attached hydrogens (primary N) is 1. The third kappa shape index (κ3) is 4.17. The maximum atomic E-state index is 12.2. The summed E-state index contributed by atoms with van der Waals surface area (Å²) in [6, 6.07) is -0.173. The first kappa shape index (κ1) is 15.8. The van der Waals surface area contributed by atoms with Crippen LogP contribution in [0.1, 0.15) is 26.7 Å². The molecule has 0 spiro atoms. The standard InChI is InChI=1S/C11H25N3O3S/c1-9(2)8-13-18(15,16)14-5-4-11(17-3)6-10(14)7-12/h9-11,13H,4-8,12H2,1-3H3. The first-order valence-corrected chi connectivity index (χ1v) is 7.84. The van der Waals surface area contributed by atoms with Crippen molar-refractivity contribution in [3.8, 4) is 0 Å². The number of hydrogen-bond acceptors (Lipinski definition) is 4. The number of piperidine rings is 1. The zero-order valence-corrected chi connectivity index (χ0v) is 12.2. The lowest BCUT2D eigenvalue weighted by Crippen LogP contribution is -2.54. The second-order valence-corrected chi connectivity index (χ2v) is 6.84. The number of nitrogens with one attached hydrogen (secondary N) is 1. The van der Waals surface area contributed by atoms with Gasteiger partial charge in [-0.05, 0) is 18.8 Å². The summed E-state index contributed by atoms with van der Waals surface area (Å²) in [7, 11) is -1.77. The third-order valence-electron chi connectivity index (χ3n) is 3.20. The lowest BCUT2D eigenvalue weighted by Gasteiger charge is -2.37. The molecule has 18 heavy (non-hydrogen) atoms. The molecular formula is C11H25N3O3S. The Morgan fingerprint density at radius 2 is 2.17 bits per heavy atom. The summed E-state index contributed by atoms with van der Waals surface area (Å²) in [5.41, 5.74) is 5.67. The van der Waals surface area contributed by atoms with Gasteiger partial charge in [0, 0.05) is 32.8 Å². The number of methoxy groups -OCH3 is 1. The van der Waals surface area contributed by atoms with Crippen LogP contribution in [0, 0.1) is 5.92 Å². The van der Waals surface area contributed by atoms with E-state index in [1.165, 1.54) is 4.31 Å². The highest BCUT2D eigenvalue weighted by Crippen LogP contribution is 2.21. The van der Waals surface area contributed by atoms with E-state index in [1.807, 2.05) is 13.8 Å². The van der Waals surface area contributed by atoms with Gasteiger partial charge < -0.3 is 10.5 Å². The smallest absolute Gasteiger partial charge is 0.279 e. The van der Waals surface area contributed by atoms with Crippen molar-refractivity contribution in [3.63, 3.8) is 0 Å². The molecule has 6 nitrogen and oxygen atoms in total. The molecule has 7 heteroatoms. The van der Waals surface area contributed by atoms with E-state index in [9.17, 15) is 8.42 Å². The van der Waals surface area contributed by atoms with Gasteiger partial charge in [0.1, 0.15) is 0 Å². The summed E-state index contributed by atoms with van der Waals surface area (Å²) in [6.45, 7) is 5.18. The predicted octanol–water partition coefficient (Wildman–Crippen LogP) is -0.0851. The molecule has 0 aromatic rings. The molecule has 1 saturated heterocycles. The first-order valence-electron chi connectivity index (χ1n) is 6.40. The lowest BCUT2D eigenvalue weighted by molar-refractivity contribution is 0.0398. The minimum Gasteiger partial charge on any atom is -0.381 e. The number of ether oxygens (including phenoxy) is 1. The van der Waals surface area contributed by atoms with Crippen molar-refractivity contribution in [1.82, 2.24) is 9.03 Å². The molecule has 0 radical (unpaired) electrons. The number of hydrogen-bond donors (Lipinski definition) is 2. The Bertz CT molecular complexity index is 345. The highest BCUT2D eigenvalue weighted by atomic mass is 32.2. The average Bonchev–Trinajstić information content (AvgIpc) is 2.35. The highest BCUT2D eigenvalue weighted by Gasteiger charge is 2.35. The summed E-state index contributed by atoms with van der Waals surface area (Å²) in [4.78, 5) is 0. The SMILES string of the molecule is COC1CCN(S(=O)(=O)NCC(C)C)C(CN)C1. The molecule has 1 rings (SSSR count). The van der Waals surface area contributed by atoms with E-state index in [4.69, 9.17) is 10.5 Å². The number of nitrogens with zero attached hydrogens (tertiary/aromatic N) is 1. The van der Waals surface area contributed by atoms with E-state index in [0.717, 1.165) is 6.42 Å². The van der Waals surface area contributed by atoms with Gasteiger partial charge in [0.25, 0.3) is 10.2 Å².